The van der Waals surface area contributed by atoms with E-state index in [0.717, 1.165) is 25.9 Å². The number of hydrogen-bond acceptors (Lipinski definition) is 4. The van der Waals surface area contributed by atoms with Crippen molar-refractivity contribution in [3.63, 3.8) is 0 Å². The average Bonchev–Trinajstić information content (AvgIpc) is 2.81. The molecule has 0 bridgehead atoms. The molecule has 7 heteroatoms. The van der Waals surface area contributed by atoms with Gasteiger partial charge in [-0.2, -0.15) is 0 Å². The van der Waals surface area contributed by atoms with E-state index in [0.29, 0.717) is 11.8 Å². The van der Waals surface area contributed by atoms with Crippen LogP contribution in [0.15, 0.2) is 48.5 Å². The van der Waals surface area contributed by atoms with Crippen LogP contribution in [0.5, 0.6) is 5.75 Å². The Labute approximate surface area is 224 Å². The summed E-state index contributed by atoms with van der Waals surface area (Å²) >= 11 is 0. The van der Waals surface area contributed by atoms with Crippen molar-refractivity contribution in [2.24, 2.45) is 0 Å². The molecule has 2 aromatic rings. The number of unbranched alkanes of at least 4 members (excludes halogenated alkanes) is 1. The van der Waals surface area contributed by atoms with E-state index in [2.05, 4.69) is 58.0 Å². The lowest BCUT2D eigenvalue weighted by molar-refractivity contribution is 0.171. The van der Waals surface area contributed by atoms with Crippen molar-refractivity contribution >= 4 is 42.9 Å². The van der Waals surface area contributed by atoms with Crippen molar-refractivity contribution in [2.75, 3.05) is 50.7 Å². The Morgan fingerprint density at radius 1 is 0.882 bits per heavy atom. The van der Waals surface area contributed by atoms with Crippen LogP contribution in [0, 0.1) is 0 Å². The van der Waals surface area contributed by atoms with Gasteiger partial charge in [0.15, 0.2) is 0 Å². The number of phenols is 1. The Balaban J connectivity index is 0.00000193. The van der Waals surface area contributed by atoms with Gasteiger partial charge >= 0.3 is 0 Å². The quantitative estimate of drug-likeness (QED) is 0.413. The minimum Gasteiger partial charge on any atom is -0.508 e. The van der Waals surface area contributed by atoms with E-state index >= 15 is 0 Å². The van der Waals surface area contributed by atoms with Gasteiger partial charge in [-0.15, -0.1) is 37.2 Å². The Kier molecular flexibility index (Phi) is 14.3. The van der Waals surface area contributed by atoms with Crippen LogP contribution >= 0.6 is 37.2 Å². The molecule has 1 heterocycles. The van der Waals surface area contributed by atoms with Crippen molar-refractivity contribution in [3.8, 4) is 5.75 Å². The third-order valence-corrected chi connectivity index (χ3v) is 7.08. The molecule has 0 aromatic heterocycles. The maximum atomic E-state index is 9.87. The molecule has 1 aliphatic carbocycles. The summed E-state index contributed by atoms with van der Waals surface area (Å²) < 4.78 is 0. The molecule has 1 saturated heterocycles. The predicted octanol–water partition coefficient (Wildman–Crippen LogP) is 5.83. The van der Waals surface area contributed by atoms with Crippen LogP contribution in [0.3, 0.4) is 0 Å². The first-order chi connectivity index (χ1) is 15.2. The summed E-state index contributed by atoms with van der Waals surface area (Å²) in [5.41, 5.74) is 4.15. The molecule has 1 N–H and O–H groups in total. The van der Waals surface area contributed by atoms with Crippen LogP contribution in [0.1, 0.15) is 43.7 Å². The maximum absolute atomic E-state index is 9.87. The minimum absolute atomic E-state index is 0. The summed E-state index contributed by atoms with van der Waals surface area (Å²) in [5.74, 6) is 0.411. The number of benzene rings is 2. The van der Waals surface area contributed by atoms with Crippen molar-refractivity contribution < 1.29 is 5.11 Å². The van der Waals surface area contributed by atoms with E-state index in [9.17, 15) is 5.11 Å². The molecule has 1 atom stereocenters. The molecule has 2 aromatic carbocycles. The Morgan fingerprint density at radius 3 is 2.32 bits per heavy atom. The number of halogens is 3. The number of nitrogens with zero attached hydrogens (tertiary/aromatic N) is 3. The number of hydrogen-bond donors (Lipinski definition) is 1. The van der Waals surface area contributed by atoms with Gasteiger partial charge in [0.25, 0.3) is 0 Å². The highest BCUT2D eigenvalue weighted by molar-refractivity contribution is 5.86. The number of aryl methyl sites for hydroxylation is 1. The molecule has 1 fully saturated rings. The Hall–Kier alpha value is -1.17. The van der Waals surface area contributed by atoms with Gasteiger partial charge < -0.3 is 14.9 Å². The van der Waals surface area contributed by atoms with Gasteiger partial charge in [-0.3, -0.25) is 4.90 Å². The number of phenolic OH excluding ortho intramolecular Hbond substituents is 1. The summed E-state index contributed by atoms with van der Waals surface area (Å²) in [6.07, 6.45) is 7.26. The summed E-state index contributed by atoms with van der Waals surface area (Å²) in [5, 5.41) is 9.87. The molecular formula is C27H42Cl3N3O. The Bertz CT molecular complexity index is 816. The van der Waals surface area contributed by atoms with Crippen LogP contribution < -0.4 is 4.90 Å². The summed E-state index contributed by atoms with van der Waals surface area (Å²) in [4.78, 5) is 7.88. The molecule has 4 nitrogen and oxygen atoms in total. The molecule has 4 rings (SSSR count). The number of rotatable bonds is 9. The normalized spacial score (nSPS) is 17.8. The first kappa shape index (κ1) is 30.9. The molecule has 2 aliphatic rings. The van der Waals surface area contributed by atoms with Crippen LogP contribution in [-0.2, 0) is 12.8 Å². The van der Waals surface area contributed by atoms with Gasteiger partial charge in [0.05, 0.1) is 0 Å². The predicted molar refractivity (Wildman–Crippen MR) is 152 cm³/mol. The number of aromatic hydroxyl groups is 1. The van der Waals surface area contributed by atoms with E-state index in [1.54, 1.807) is 0 Å². The smallest absolute Gasteiger partial charge is 0.115 e. The largest absolute Gasteiger partial charge is 0.508 e. The monoisotopic (exact) mass is 529 g/mol. The van der Waals surface area contributed by atoms with Gasteiger partial charge in [0, 0.05) is 37.9 Å². The molecule has 192 valence electrons. The maximum Gasteiger partial charge on any atom is 0.115 e. The molecule has 0 unspecified atom stereocenters. The summed E-state index contributed by atoms with van der Waals surface area (Å²) in [7, 11) is 0. The fourth-order valence-corrected chi connectivity index (χ4v) is 5.32. The lowest BCUT2D eigenvalue weighted by atomic mass is 9.87. The zero-order valence-corrected chi connectivity index (χ0v) is 22.9. The first-order valence-electron chi connectivity index (χ1n) is 12.3. The number of para-hydroxylation sites is 1. The van der Waals surface area contributed by atoms with Crippen molar-refractivity contribution in [1.29, 1.82) is 0 Å². The van der Waals surface area contributed by atoms with Gasteiger partial charge in [0.2, 0.25) is 0 Å². The highest BCUT2D eigenvalue weighted by Crippen LogP contribution is 2.28. The first-order valence-corrected chi connectivity index (χ1v) is 12.3. The van der Waals surface area contributed by atoms with E-state index in [4.69, 9.17) is 0 Å². The second-order valence-corrected chi connectivity index (χ2v) is 9.26. The zero-order valence-electron chi connectivity index (χ0n) is 20.4. The molecule has 34 heavy (non-hydrogen) atoms. The van der Waals surface area contributed by atoms with Crippen LogP contribution in [0.2, 0.25) is 0 Å². The summed E-state index contributed by atoms with van der Waals surface area (Å²) in [6.45, 7) is 10.5. The van der Waals surface area contributed by atoms with Gasteiger partial charge in [-0.25, -0.2) is 0 Å². The number of anilines is 1. The molecule has 0 saturated carbocycles. The number of piperazine rings is 1. The van der Waals surface area contributed by atoms with Gasteiger partial charge in [0.1, 0.15) is 5.75 Å². The van der Waals surface area contributed by atoms with Crippen LogP contribution in [-0.4, -0.2) is 66.8 Å². The van der Waals surface area contributed by atoms with Crippen LogP contribution in [0.4, 0.5) is 5.69 Å². The lowest BCUT2D eigenvalue weighted by Gasteiger charge is -2.37. The molecule has 1 aliphatic heterocycles. The highest BCUT2D eigenvalue weighted by Gasteiger charge is 2.24. The second kappa shape index (κ2) is 15.7. The molecule has 0 amide bonds. The molecule has 0 spiro atoms. The van der Waals surface area contributed by atoms with Gasteiger partial charge in [-0.05, 0) is 93.6 Å². The SMILES string of the molecule is CCCN(CCCCN1CCN(c2ccccc2)CC1)[C@@H]1CCc2ccc(O)cc2C1.Cl.Cl.Cl. The van der Waals surface area contributed by atoms with Crippen molar-refractivity contribution in [3.05, 3.63) is 59.7 Å². The fourth-order valence-electron chi connectivity index (χ4n) is 5.32. The lowest BCUT2D eigenvalue weighted by Crippen LogP contribution is -2.46. The van der Waals surface area contributed by atoms with E-state index in [1.165, 1.54) is 75.2 Å². The van der Waals surface area contributed by atoms with Gasteiger partial charge in [-0.1, -0.05) is 31.2 Å². The third kappa shape index (κ3) is 8.49. The molecule has 0 radical (unpaired) electrons. The second-order valence-electron chi connectivity index (χ2n) is 9.26. The Morgan fingerprint density at radius 2 is 1.62 bits per heavy atom. The van der Waals surface area contributed by atoms with Crippen molar-refractivity contribution in [2.45, 2.75) is 51.5 Å². The standard InChI is InChI=1S/C27H39N3O.3ClH/c1-2-14-29(26-12-10-23-11-13-27(31)22-24(23)21-26)16-7-6-15-28-17-19-30(20-18-28)25-8-4-3-5-9-25;;;/h3-5,8-9,11,13,22,26,31H,2,6-7,10,12,14-21H2,1H3;3*1H/t26-;;;/m1.../s1. The van der Waals surface area contributed by atoms with E-state index in [-0.39, 0.29) is 37.2 Å². The van der Waals surface area contributed by atoms with E-state index in [1.807, 2.05) is 12.1 Å². The average molecular weight is 531 g/mol. The zero-order chi connectivity index (χ0) is 21.5. The fraction of sp³-hybridized carbons (Fsp3) is 0.556. The topological polar surface area (TPSA) is 30.0 Å². The highest BCUT2D eigenvalue weighted by atomic mass is 35.5. The van der Waals surface area contributed by atoms with E-state index < -0.39 is 0 Å². The number of fused-ring (bicyclic) bond motifs is 1. The van der Waals surface area contributed by atoms with Crippen molar-refractivity contribution in [1.82, 2.24) is 9.80 Å². The minimum atomic E-state index is 0. The van der Waals surface area contributed by atoms with Crippen LogP contribution in [0.25, 0.3) is 0 Å². The molecular weight excluding hydrogens is 489 g/mol. The third-order valence-electron chi connectivity index (χ3n) is 7.08. The summed E-state index contributed by atoms with van der Waals surface area (Å²) in [6, 6.07) is 17.4.